The van der Waals surface area contributed by atoms with Crippen LogP contribution in [0.25, 0.3) is 0 Å². The summed E-state index contributed by atoms with van der Waals surface area (Å²) in [5, 5.41) is 0. The minimum Gasteiger partial charge on any atom is -0.249 e. The van der Waals surface area contributed by atoms with Crippen LogP contribution in [-0.4, -0.2) is 9.96 Å². The van der Waals surface area contributed by atoms with E-state index in [0.29, 0.717) is 10.6 Å². The molecule has 0 saturated carbocycles. The predicted octanol–water partition coefficient (Wildman–Crippen LogP) is 2.87. The molecule has 66 valence electrons. The summed E-state index contributed by atoms with van der Waals surface area (Å²) in [5.41, 5.74) is 0. The van der Waals surface area contributed by atoms with Crippen molar-refractivity contribution >= 4 is 25.7 Å². The van der Waals surface area contributed by atoms with Crippen LogP contribution in [-0.2, 0) is 9.73 Å². The third-order valence-corrected chi connectivity index (χ3v) is 3.98. The van der Waals surface area contributed by atoms with Crippen LogP contribution in [0.5, 0.6) is 0 Å². The number of halogens is 1. The largest absolute Gasteiger partial charge is 0.249 e. The molecule has 1 atom stereocenters. The van der Waals surface area contributed by atoms with Crippen LogP contribution < -0.4 is 0 Å². The lowest BCUT2D eigenvalue weighted by molar-refractivity contribution is 0.675. The van der Waals surface area contributed by atoms with Crippen molar-refractivity contribution in [2.75, 3.05) is 5.75 Å². The zero-order valence-electron chi connectivity index (χ0n) is 6.71. The van der Waals surface area contributed by atoms with Crippen molar-refractivity contribution in [2.45, 2.75) is 11.8 Å². The third-order valence-electron chi connectivity index (χ3n) is 1.60. The van der Waals surface area contributed by atoms with E-state index in [2.05, 4.69) is 15.9 Å². The maximum atomic E-state index is 11.5. The molecule has 0 aliphatic heterocycles. The predicted molar refractivity (Wildman–Crippen MR) is 53.8 cm³/mol. The van der Waals surface area contributed by atoms with Gasteiger partial charge in [0.1, 0.15) is 0 Å². The van der Waals surface area contributed by atoms with Gasteiger partial charge in [-0.05, 0) is 24.3 Å². The second-order valence-corrected chi connectivity index (χ2v) is 5.73. The van der Waals surface area contributed by atoms with E-state index in [1.54, 1.807) is 31.2 Å². The van der Waals surface area contributed by atoms with Crippen molar-refractivity contribution in [1.82, 2.24) is 0 Å². The van der Waals surface area contributed by atoms with Gasteiger partial charge in [-0.1, -0.05) is 22.9 Å². The molecule has 0 aromatic heterocycles. The quantitative estimate of drug-likeness (QED) is 0.858. The van der Waals surface area contributed by atoms with Gasteiger partial charge in [0.25, 0.3) is 0 Å². The minimum absolute atomic E-state index is 0.370. The van der Waals surface area contributed by atoms with Crippen molar-refractivity contribution < 1.29 is 4.21 Å². The highest BCUT2D eigenvalue weighted by atomic mass is 79.9. The van der Waals surface area contributed by atoms with E-state index in [1.807, 2.05) is 0 Å². The molecule has 0 spiro atoms. The number of hydrogen-bond donors (Lipinski definition) is 1. The highest BCUT2D eigenvalue weighted by Crippen LogP contribution is 2.15. The lowest BCUT2D eigenvalue weighted by Crippen LogP contribution is -2.00. The second-order valence-electron chi connectivity index (χ2n) is 2.42. The Kier molecular flexibility index (Phi) is 2.90. The summed E-state index contributed by atoms with van der Waals surface area (Å²) in [7, 11) is -2.54. The van der Waals surface area contributed by atoms with Crippen LogP contribution in [0.2, 0.25) is 0 Å². The van der Waals surface area contributed by atoms with Crippen molar-refractivity contribution in [3.8, 4) is 0 Å². The van der Waals surface area contributed by atoms with Gasteiger partial charge < -0.3 is 0 Å². The Hall–Kier alpha value is -0.350. The summed E-state index contributed by atoms with van der Waals surface area (Å²) < 4.78 is 20.0. The molecule has 0 saturated heterocycles. The monoisotopic (exact) mass is 247 g/mol. The van der Waals surface area contributed by atoms with Crippen LogP contribution in [0.1, 0.15) is 6.92 Å². The maximum absolute atomic E-state index is 11.5. The molecule has 4 heteroatoms. The van der Waals surface area contributed by atoms with Gasteiger partial charge in [0.2, 0.25) is 0 Å². The van der Waals surface area contributed by atoms with E-state index in [9.17, 15) is 4.21 Å². The molecule has 12 heavy (non-hydrogen) atoms. The number of rotatable bonds is 2. The number of benzene rings is 1. The standard InChI is InChI=1S/C8H10BrNOS/c1-2-12(10,11)8-5-3-7(9)4-6-8/h3-6,10H,2H2,1H3/t12-/m1/s1. The van der Waals surface area contributed by atoms with Gasteiger partial charge in [-0.25, -0.2) is 8.99 Å². The zero-order valence-corrected chi connectivity index (χ0v) is 9.11. The molecule has 0 amide bonds. The van der Waals surface area contributed by atoms with Crippen molar-refractivity contribution in [2.24, 2.45) is 0 Å². The van der Waals surface area contributed by atoms with Crippen LogP contribution in [0.3, 0.4) is 0 Å². The Morgan fingerprint density at radius 2 is 1.92 bits per heavy atom. The van der Waals surface area contributed by atoms with Gasteiger partial charge in [-0.3, -0.25) is 0 Å². The molecule has 0 radical (unpaired) electrons. The van der Waals surface area contributed by atoms with Crippen molar-refractivity contribution in [1.29, 1.82) is 4.78 Å². The molecule has 0 heterocycles. The highest BCUT2D eigenvalue weighted by molar-refractivity contribution is 9.10. The lowest BCUT2D eigenvalue weighted by Gasteiger charge is -2.03. The molecular weight excluding hydrogens is 238 g/mol. The molecule has 1 aromatic carbocycles. The van der Waals surface area contributed by atoms with E-state index in [1.165, 1.54) is 0 Å². The van der Waals surface area contributed by atoms with E-state index >= 15 is 0 Å². The normalized spacial score (nSPS) is 15.5. The van der Waals surface area contributed by atoms with E-state index in [0.717, 1.165) is 4.47 Å². The molecule has 0 aliphatic carbocycles. The Morgan fingerprint density at radius 3 is 2.33 bits per heavy atom. The maximum Gasteiger partial charge on any atom is 0.0723 e. The fourth-order valence-corrected chi connectivity index (χ4v) is 1.99. The van der Waals surface area contributed by atoms with Gasteiger partial charge in [0.15, 0.2) is 0 Å². The summed E-state index contributed by atoms with van der Waals surface area (Å²) in [6.07, 6.45) is 0. The average molecular weight is 248 g/mol. The topological polar surface area (TPSA) is 40.9 Å². The van der Waals surface area contributed by atoms with Crippen molar-refractivity contribution in [3.05, 3.63) is 28.7 Å². The Morgan fingerprint density at radius 1 is 1.42 bits per heavy atom. The Balaban J connectivity index is 3.14. The lowest BCUT2D eigenvalue weighted by atomic mass is 10.4. The SMILES string of the molecule is CC[S@@](=N)(=O)c1ccc(Br)cc1. The van der Waals surface area contributed by atoms with Gasteiger partial charge >= 0.3 is 0 Å². The smallest absolute Gasteiger partial charge is 0.0723 e. The molecule has 1 aromatic rings. The molecule has 0 aliphatic rings. The van der Waals surface area contributed by atoms with E-state index < -0.39 is 9.73 Å². The van der Waals surface area contributed by atoms with E-state index in [4.69, 9.17) is 4.78 Å². The Labute approximate surface area is 81.1 Å². The molecule has 0 fully saturated rings. The zero-order chi connectivity index (χ0) is 9.19. The van der Waals surface area contributed by atoms with Crippen LogP contribution in [0.15, 0.2) is 33.6 Å². The second kappa shape index (κ2) is 3.58. The first kappa shape index (κ1) is 9.74. The average Bonchev–Trinajstić information content (AvgIpc) is 2.05. The molecule has 1 N–H and O–H groups in total. The molecular formula is C8H10BrNOS. The number of hydrogen-bond acceptors (Lipinski definition) is 2. The summed E-state index contributed by atoms with van der Waals surface area (Å²) in [6, 6.07) is 7.06. The Bertz CT molecular complexity index is 355. The first-order chi connectivity index (χ1) is 5.56. The molecule has 1 rings (SSSR count). The van der Waals surface area contributed by atoms with Gasteiger partial charge in [0.05, 0.1) is 9.73 Å². The summed E-state index contributed by atoms with van der Waals surface area (Å²) in [5.74, 6) is 0.370. The molecule has 0 unspecified atom stereocenters. The first-order valence-electron chi connectivity index (χ1n) is 3.58. The van der Waals surface area contributed by atoms with Crippen LogP contribution in [0.4, 0.5) is 0 Å². The molecule has 2 nitrogen and oxygen atoms in total. The first-order valence-corrected chi connectivity index (χ1v) is 6.10. The summed E-state index contributed by atoms with van der Waals surface area (Å²) in [4.78, 5) is 0.605. The summed E-state index contributed by atoms with van der Waals surface area (Å²) in [6.45, 7) is 1.76. The summed E-state index contributed by atoms with van der Waals surface area (Å²) >= 11 is 3.28. The van der Waals surface area contributed by atoms with Gasteiger partial charge in [0, 0.05) is 15.1 Å². The molecule has 0 bridgehead atoms. The van der Waals surface area contributed by atoms with E-state index in [-0.39, 0.29) is 0 Å². The van der Waals surface area contributed by atoms with Crippen LogP contribution >= 0.6 is 15.9 Å². The van der Waals surface area contributed by atoms with Crippen molar-refractivity contribution in [3.63, 3.8) is 0 Å². The fraction of sp³-hybridized carbons (Fsp3) is 0.250. The number of nitrogens with one attached hydrogen (secondary N) is 1. The fourth-order valence-electron chi connectivity index (χ4n) is 0.821. The minimum atomic E-state index is -2.54. The van der Waals surface area contributed by atoms with Crippen LogP contribution in [0, 0.1) is 4.78 Å². The van der Waals surface area contributed by atoms with Gasteiger partial charge in [-0.15, -0.1) is 0 Å². The highest BCUT2D eigenvalue weighted by Gasteiger charge is 2.05. The third kappa shape index (κ3) is 2.08. The van der Waals surface area contributed by atoms with Gasteiger partial charge in [-0.2, -0.15) is 0 Å².